The molecule has 0 fully saturated rings. The van der Waals surface area contributed by atoms with Crippen molar-refractivity contribution in [3.05, 3.63) is 82.0 Å². The van der Waals surface area contributed by atoms with Crippen LogP contribution < -0.4 is 25.5 Å². The van der Waals surface area contributed by atoms with E-state index in [1.807, 2.05) is 0 Å². The molecule has 0 unspecified atom stereocenters. The van der Waals surface area contributed by atoms with Gasteiger partial charge in [0, 0.05) is 29.4 Å². The molecule has 5 rings (SSSR count). The van der Waals surface area contributed by atoms with Gasteiger partial charge in [0.2, 0.25) is 27.4 Å². The zero-order valence-electron chi connectivity index (χ0n) is 21.2. The third kappa shape index (κ3) is 6.29. The number of primary sulfonamides is 1. The summed E-state index contributed by atoms with van der Waals surface area (Å²) < 4.78 is 86.2. The minimum absolute atomic E-state index is 0.0129. The number of halogens is 4. The number of sulfonamides is 1. The number of anilines is 2. The fourth-order valence-electron chi connectivity index (χ4n) is 4.08. The summed E-state index contributed by atoms with van der Waals surface area (Å²) in [6.07, 6.45) is -1.50. The van der Waals surface area contributed by atoms with Gasteiger partial charge in [0.05, 0.1) is 34.6 Å². The van der Waals surface area contributed by atoms with Gasteiger partial charge in [-0.15, -0.1) is 13.2 Å². The quantitative estimate of drug-likeness (QED) is 0.226. The molecule has 3 aromatic heterocycles. The van der Waals surface area contributed by atoms with Gasteiger partial charge in [-0.2, -0.15) is 0 Å². The number of benzene rings is 2. The molecule has 5 aromatic rings. The van der Waals surface area contributed by atoms with Crippen molar-refractivity contribution in [2.45, 2.75) is 6.36 Å². The van der Waals surface area contributed by atoms with Crippen LogP contribution in [0.4, 0.5) is 29.2 Å². The van der Waals surface area contributed by atoms with Crippen LogP contribution in [0, 0.1) is 5.82 Å². The second kappa shape index (κ2) is 10.7. The maximum absolute atomic E-state index is 14.6. The number of H-pyrrole nitrogens is 1. The van der Waals surface area contributed by atoms with Gasteiger partial charge >= 0.3 is 6.36 Å². The summed E-state index contributed by atoms with van der Waals surface area (Å²) in [5, 5.41) is 8.69. The van der Waals surface area contributed by atoms with Crippen molar-refractivity contribution in [2.75, 3.05) is 12.4 Å². The van der Waals surface area contributed by atoms with Gasteiger partial charge in [0.25, 0.3) is 0 Å². The minimum atomic E-state index is -5.05. The molecule has 0 spiro atoms. The maximum Gasteiger partial charge on any atom is 0.573 e. The van der Waals surface area contributed by atoms with Crippen LogP contribution in [0.2, 0.25) is 0 Å². The number of nitrogens with one attached hydrogen (secondary N) is 2. The number of rotatable bonds is 7. The first-order chi connectivity index (χ1) is 19.8. The number of alkyl halides is 3. The zero-order chi connectivity index (χ0) is 30.2. The molecule has 0 radical (unpaired) electrons. The first kappa shape index (κ1) is 28.4. The van der Waals surface area contributed by atoms with Crippen molar-refractivity contribution >= 4 is 49.5 Å². The SMILES string of the molecule is COc1ncc(-c2ccc(OC(F)(F)F)c(Nc3ncc4c(F)cc(/C=C/S(N)(=O)=O)cc4n3)c2)c2[nH]c(=O)ccc12. The number of fused-ring (bicyclic) bond motifs is 2. The molecule has 0 aliphatic heterocycles. The predicted octanol–water partition coefficient (Wildman–Crippen LogP) is 4.58. The molecule has 0 amide bonds. The smallest absolute Gasteiger partial charge is 0.481 e. The Morgan fingerprint density at radius 1 is 1.05 bits per heavy atom. The highest BCUT2D eigenvalue weighted by Gasteiger charge is 2.32. The standard InChI is InChI=1S/C26H18F4N6O5S/c1-40-24-15-3-5-22(37)36-23(15)16(11-32-24)14-2-4-21(41-26(28,29)30)20(10-14)35-25-33-12-17-18(27)8-13(9-19(17)34-25)6-7-42(31,38)39/h2-12H,1H3,(H,36,37)(H2,31,38,39)(H,33,34,35)/b7-6+. The molecule has 42 heavy (non-hydrogen) atoms. The van der Waals surface area contributed by atoms with Crippen molar-refractivity contribution in [1.82, 2.24) is 19.9 Å². The Morgan fingerprint density at radius 3 is 2.55 bits per heavy atom. The van der Waals surface area contributed by atoms with Crippen LogP contribution in [0.3, 0.4) is 0 Å². The first-order valence-corrected chi connectivity index (χ1v) is 13.3. The van der Waals surface area contributed by atoms with Crippen LogP contribution in [0.5, 0.6) is 11.6 Å². The molecule has 216 valence electrons. The normalized spacial score (nSPS) is 12.2. The number of nitrogens with two attached hydrogens (primary N) is 1. The number of aromatic amines is 1. The van der Waals surface area contributed by atoms with E-state index in [1.165, 1.54) is 43.6 Å². The van der Waals surface area contributed by atoms with E-state index >= 15 is 0 Å². The average Bonchev–Trinajstić information content (AvgIpc) is 2.91. The predicted molar refractivity (Wildman–Crippen MR) is 146 cm³/mol. The summed E-state index contributed by atoms with van der Waals surface area (Å²) in [5.41, 5.74) is 0.477. The van der Waals surface area contributed by atoms with Crippen LogP contribution in [0.1, 0.15) is 5.56 Å². The highest BCUT2D eigenvalue weighted by Crippen LogP contribution is 2.38. The largest absolute Gasteiger partial charge is 0.573 e. The highest BCUT2D eigenvalue weighted by molar-refractivity contribution is 7.92. The summed E-state index contributed by atoms with van der Waals surface area (Å²) in [6.45, 7) is 0. The topological polar surface area (TPSA) is 162 Å². The Labute approximate surface area is 233 Å². The Bertz CT molecular complexity index is 2050. The van der Waals surface area contributed by atoms with Gasteiger partial charge in [0.1, 0.15) is 5.82 Å². The molecule has 0 atom stereocenters. The van der Waals surface area contributed by atoms with Gasteiger partial charge in [-0.1, -0.05) is 6.07 Å². The number of hydrogen-bond acceptors (Lipinski definition) is 9. The van der Waals surface area contributed by atoms with Gasteiger partial charge in [-0.25, -0.2) is 32.9 Å². The zero-order valence-corrected chi connectivity index (χ0v) is 22.0. The number of pyridine rings is 2. The number of methoxy groups -OCH3 is 1. The molecular formula is C26H18F4N6O5S. The van der Waals surface area contributed by atoms with E-state index in [1.54, 1.807) is 0 Å². The van der Waals surface area contributed by atoms with Crippen LogP contribution in [0.15, 0.2) is 65.1 Å². The molecule has 3 heterocycles. The lowest BCUT2D eigenvalue weighted by Gasteiger charge is -2.16. The van der Waals surface area contributed by atoms with E-state index in [-0.39, 0.29) is 34.0 Å². The van der Waals surface area contributed by atoms with Gasteiger partial charge in [0.15, 0.2) is 5.75 Å². The molecule has 11 nitrogen and oxygen atoms in total. The van der Waals surface area contributed by atoms with Crippen molar-refractivity contribution in [1.29, 1.82) is 0 Å². The number of ether oxygens (including phenoxy) is 2. The number of aromatic nitrogens is 4. The lowest BCUT2D eigenvalue weighted by molar-refractivity contribution is -0.274. The Kier molecular flexibility index (Phi) is 7.26. The summed E-state index contributed by atoms with van der Waals surface area (Å²) in [7, 11) is -2.59. The number of hydrogen-bond donors (Lipinski definition) is 3. The second-order valence-electron chi connectivity index (χ2n) is 8.70. The maximum atomic E-state index is 14.6. The average molecular weight is 603 g/mol. The third-order valence-electron chi connectivity index (χ3n) is 5.81. The summed E-state index contributed by atoms with van der Waals surface area (Å²) in [4.78, 5) is 27.1. The van der Waals surface area contributed by atoms with Crippen LogP contribution in [-0.2, 0) is 10.0 Å². The van der Waals surface area contributed by atoms with Gasteiger partial charge < -0.3 is 19.8 Å². The molecule has 4 N–H and O–H groups in total. The Morgan fingerprint density at radius 2 is 1.83 bits per heavy atom. The fraction of sp³-hybridized carbons (Fsp3) is 0.0769. The number of nitrogens with zero attached hydrogens (tertiary/aromatic N) is 3. The van der Waals surface area contributed by atoms with E-state index < -0.39 is 33.5 Å². The lowest BCUT2D eigenvalue weighted by atomic mass is 10.0. The monoisotopic (exact) mass is 602 g/mol. The minimum Gasteiger partial charge on any atom is -0.481 e. The first-order valence-electron chi connectivity index (χ1n) is 11.7. The summed E-state index contributed by atoms with van der Waals surface area (Å²) in [6, 6.07) is 8.84. The van der Waals surface area contributed by atoms with Crippen LogP contribution in [0.25, 0.3) is 39.0 Å². The molecule has 0 aliphatic rings. The van der Waals surface area contributed by atoms with E-state index in [2.05, 4.69) is 30.0 Å². The second-order valence-corrected chi connectivity index (χ2v) is 10.1. The summed E-state index contributed by atoms with van der Waals surface area (Å²) >= 11 is 0. The van der Waals surface area contributed by atoms with Gasteiger partial charge in [-0.05, 0) is 47.5 Å². The van der Waals surface area contributed by atoms with E-state index in [9.17, 15) is 30.8 Å². The highest BCUT2D eigenvalue weighted by atomic mass is 32.2. The fourth-order valence-corrected chi connectivity index (χ4v) is 4.42. The van der Waals surface area contributed by atoms with Crippen molar-refractivity contribution < 1.29 is 35.5 Å². The van der Waals surface area contributed by atoms with E-state index in [0.717, 1.165) is 24.4 Å². The Hall–Kier alpha value is -5.09. The van der Waals surface area contributed by atoms with Crippen molar-refractivity contribution in [3.63, 3.8) is 0 Å². The molecule has 2 aromatic carbocycles. The summed E-state index contributed by atoms with van der Waals surface area (Å²) in [5.74, 6) is -1.42. The molecule has 0 saturated heterocycles. The third-order valence-corrected chi connectivity index (χ3v) is 6.32. The molecule has 0 aliphatic carbocycles. The lowest BCUT2D eigenvalue weighted by Crippen LogP contribution is -2.18. The van der Waals surface area contributed by atoms with Crippen LogP contribution in [-0.4, -0.2) is 41.8 Å². The Balaban J connectivity index is 1.61. The molecule has 16 heteroatoms. The molecular weight excluding hydrogens is 584 g/mol. The van der Waals surface area contributed by atoms with Crippen molar-refractivity contribution in [2.24, 2.45) is 5.14 Å². The molecule has 0 saturated carbocycles. The van der Waals surface area contributed by atoms with Crippen LogP contribution >= 0.6 is 0 Å². The van der Waals surface area contributed by atoms with E-state index in [0.29, 0.717) is 27.4 Å². The van der Waals surface area contributed by atoms with Crippen molar-refractivity contribution in [3.8, 4) is 22.8 Å². The van der Waals surface area contributed by atoms with Gasteiger partial charge in [-0.3, -0.25) is 4.79 Å². The van der Waals surface area contributed by atoms with E-state index in [4.69, 9.17) is 9.88 Å². The molecule has 0 bridgehead atoms.